The summed E-state index contributed by atoms with van der Waals surface area (Å²) in [5.74, 6) is 1.71. The van der Waals surface area contributed by atoms with Crippen molar-refractivity contribution in [2.24, 2.45) is 0 Å². The number of hydrogen-bond donors (Lipinski definition) is 0. The van der Waals surface area contributed by atoms with Crippen LogP contribution >= 0.6 is 11.6 Å². The number of hydrogen-bond acceptors (Lipinski definition) is 4. The molecule has 0 saturated heterocycles. The zero-order valence-corrected chi connectivity index (χ0v) is 13.3. The lowest BCUT2D eigenvalue weighted by Gasteiger charge is -2.22. The number of nitrogens with zero attached hydrogens (tertiary/aromatic N) is 4. The van der Waals surface area contributed by atoms with E-state index >= 15 is 0 Å². The molecule has 5 heteroatoms. The molecule has 0 N–H and O–H groups in total. The summed E-state index contributed by atoms with van der Waals surface area (Å²) in [6, 6.07) is 9.47. The van der Waals surface area contributed by atoms with Crippen molar-refractivity contribution in [1.82, 2.24) is 9.97 Å². The molecule has 0 fully saturated rings. The molecule has 108 valence electrons. The molecule has 0 aliphatic rings. The smallest absolute Gasteiger partial charge is 0.140 e. The molecular formula is C16H17ClN4. The third-order valence-electron chi connectivity index (χ3n) is 3.30. The third-order valence-corrected chi connectivity index (χ3v) is 3.66. The second-order valence-corrected chi connectivity index (χ2v) is 5.55. The van der Waals surface area contributed by atoms with Crippen LogP contribution in [-0.2, 0) is 0 Å². The number of halogens is 1. The lowest BCUT2D eigenvalue weighted by atomic mass is 10.2. The minimum Gasteiger partial charge on any atom is -0.329 e. The van der Waals surface area contributed by atoms with Gasteiger partial charge in [-0.05, 0) is 31.2 Å². The van der Waals surface area contributed by atoms with E-state index < -0.39 is 0 Å². The highest BCUT2D eigenvalue weighted by Gasteiger charge is 2.16. The number of aromatic nitrogens is 2. The lowest BCUT2D eigenvalue weighted by Crippen LogP contribution is -2.15. The maximum atomic E-state index is 8.86. The van der Waals surface area contributed by atoms with E-state index in [0.717, 1.165) is 22.9 Å². The van der Waals surface area contributed by atoms with Gasteiger partial charge < -0.3 is 4.90 Å². The molecule has 2 aromatic rings. The van der Waals surface area contributed by atoms with Gasteiger partial charge in [-0.15, -0.1) is 0 Å². The predicted molar refractivity (Wildman–Crippen MR) is 85.1 cm³/mol. The van der Waals surface area contributed by atoms with Crippen LogP contribution in [0.3, 0.4) is 0 Å². The Balaban J connectivity index is 2.46. The normalized spacial score (nSPS) is 10.5. The standard InChI is InChI=1S/C16H17ClN4/c1-10(2)15-19-14(17)11(3)16(20-15)21(4)13-7-5-12(9-18)6-8-13/h5-8,10H,1-4H3. The summed E-state index contributed by atoms with van der Waals surface area (Å²) in [7, 11) is 1.93. The Morgan fingerprint density at radius 2 is 1.81 bits per heavy atom. The maximum absolute atomic E-state index is 8.86. The minimum atomic E-state index is 0.205. The van der Waals surface area contributed by atoms with Gasteiger partial charge in [0, 0.05) is 24.2 Å². The zero-order chi connectivity index (χ0) is 15.6. The number of nitriles is 1. The van der Waals surface area contributed by atoms with Gasteiger partial charge in [-0.1, -0.05) is 25.4 Å². The zero-order valence-electron chi connectivity index (χ0n) is 12.6. The first kappa shape index (κ1) is 15.3. The molecule has 0 aliphatic carbocycles. The highest BCUT2D eigenvalue weighted by Crippen LogP contribution is 2.29. The van der Waals surface area contributed by atoms with Gasteiger partial charge in [0.15, 0.2) is 0 Å². The Labute approximate surface area is 130 Å². The molecule has 2 rings (SSSR count). The average molecular weight is 301 g/mol. The predicted octanol–water partition coefficient (Wildman–Crippen LogP) is 4.20. The molecule has 1 heterocycles. The molecule has 1 aromatic heterocycles. The molecule has 1 aromatic carbocycles. The van der Waals surface area contributed by atoms with Crippen molar-refractivity contribution in [2.75, 3.05) is 11.9 Å². The van der Waals surface area contributed by atoms with Gasteiger partial charge in [0.25, 0.3) is 0 Å². The van der Waals surface area contributed by atoms with Crippen molar-refractivity contribution < 1.29 is 0 Å². The topological polar surface area (TPSA) is 52.8 Å². The second-order valence-electron chi connectivity index (χ2n) is 5.19. The van der Waals surface area contributed by atoms with E-state index in [1.165, 1.54) is 0 Å². The van der Waals surface area contributed by atoms with Crippen LogP contribution in [0.4, 0.5) is 11.5 Å². The van der Waals surface area contributed by atoms with Gasteiger partial charge in [-0.25, -0.2) is 9.97 Å². The van der Waals surface area contributed by atoms with Crippen LogP contribution in [0.5, 0.6) is 0 Å². The molecule has 0 spiro atoms. The van der Waals surface area contributed by atoms with E-state index in [-0.39, 0.29) is 5.92 Å². The SMILES string of the molecule is Cc1c(Cl)nc(C(C)C)nc1N(C)c1ccc(C#N)cc1. The minimum absolute atomic E-state index is 0.205. The van der Waals surface area contributed by atoms with E-state index in [0.29, 0.717) is 10.7 Å². The summed E-state index contributed by atoms with van der Waals surface area (Å²) in [6.45, 7) is 5.97. The molecule has 0 unspecified atom stereocenters. The van der Waals surface area contributed by atoms with Crippen molar-refractivity contribution in [3.8, 4) is 6.07 Å². The first-order valence-electron chi connectivity index (χ1n) is 6.72. The van der Waals surface area contributed by atoms with Crippen LogP contribution in [-0.4, -0.2) is 17.0 Å². The molecule has 0 radical (unpaired) electrons. The highest BCUT2D eigenvalue weighted by molar-refractivity contribution is 6.30. The van der Waals surface area contributed by atoms with E-state index in [1.807, 2.05) is 44.9 Å². The summed E-state index contributed by atoms with van der Waals surface area (Å²) >= 11 is 6.22. The van der Waals surface area contributed by atoms with Crippen molar-refractivity contribution in [2.45, 2.75) is 26.7 Å². The van der Waals surface area contributed by atoms with E-state index in [4.69, 9.17) is 16.9 Å². The van der Waals surface area contributed by atoms with Gasteiger partial charge in [0.05, 0.1) is 11.6 Å². The van der Waals surface area contributed by atoms with Crippen LogP contribution < -0.4 is 4.90 Å². The van der Waals surface area contributed by atoms with Crippen LogP contribution in [0.1, 0.15) is 36.7 Å². The van der Waals surface area contributed by atoms with E-state index in [1.54, 1.807) is 12.1 Å². The lowest BCUT2D eigenvalue weighted by molar-refractivity contribution is 0.769. The molecule has 4 nitrogen and oxygen atoms in total. The van der Waals surface area contributed by atoms with Gasteiger partial charge in [0.2, 0.25) is 0 Å². The Hall–Kier alpha value is -2.12. The Morgan fingerprint density at radius 1 is 1.19 bits per heavy atom. The Kier molecular flexibility index (Phi) is 4.44. The molecule has 0 bridgehead atoms. The first-order valence-corrected chi connectivity index (χ1v) is 7.09. The van der Waals surface area contributed by atoms with Crippen LogP contribution in [0.15, 0.2) is 24.3 Å². The summed E-state index contributed by atoms with van der Waals surface area (Å²) in [5.41, 5.74) is 2.42. The molecule has 0 atom stereocenters. The average Bonchev–Trinajstić information content (AvgIpc) is 2.49. The van der Waals surface area contributed by atoms with Gasteiger partial charge >= 0.3 is 0 Å². The summed E-state index contributed by atoms with van der Waals surface area (Å²) in [6.07, 6.45) is 0. The number of anilines is 2. The fourth-order valence-corrected chi connectivity index (χ4v) is 2.13. The fourth-order valence-electron chi connectivity index (χ4n) is 1.96. The quantitative estimate of drug-likeness (QED) is 0.797. The largest absolute Gasteiger partial charge is 0.329 e. The molecule has 21 heavy (non-hydrogen) atoms. The first-order chi connectivity index (χ1) is 9.93. The van der Waals surface area contributed by atoms with Crippen molar-refractivity contribution in [3.63, 3.8) is 0 Å². The summed E-state index contributed by atoms with van der Waals surface area (Å²) in [5, 5.41) is 9.34. The van der Waals surface area contributed by atoms with Crippen LogP contribution in [0.2, 0.25) is 5.15 Å². The third kappa shape index (κ3) is 3.14. The summed E-state index contributed by atoms with van der Waals surface area (Å²) < 4.78 is 0. The van der Waals surface area contributed by atoms with Crippen molar-refractivity contribution in [3.05, 3.63) is 46.4 Å². The van der Waals surface area contributed by atoms with E-state index in [9.17, 15) is 0 Å². The fraction of sp³-hybridized carbons (Fsp3) is 0.312. The summed E-state index contributed by atoms with van der Waals surface area (Å²) in [4.78, 5) is 10.9. The maximum Gasteiger partial charge on any atom is 0.140 e. The van der Waals surface area contributed by atoms with Crippen LogP contribution in [0, 0.1) is 18.3 Å². The molecule has 0 saturated carbocycles. The molecule has 0 amide bonds. The van der Waals surface area contributed by atoms with Gasteiger partial charge in [0.1, 0.15) is 16.8 Å². The Morgan fingerprint density at radius 3 is 2.33 bits per heavy atom. The van der Waals surface area contributed by atoms with Gasteiger partial charge in [-0.3, -0.25) is 0 Å². The van der Waals surface area contributed by atoms with E-state index in [2.05, 4.69) is 16.0 Å². The number of benzene rings is 1. The highest BCUT2D eigenvalue weighted by atomic mass is 35.5. The van der Waals surface area contributed by atoms with Crippen molar-refractivity contribution in [1.29, 1.82) is 5.26 Å². The van der Waals surface area contributed by atoms with Crippen LogP contribution in [0.25, 0.3) is 0 Å². The monoisotopic (exact) mass is 300 g/mol. The molecular weight excluding hydrogens is 284 g/mol. The number of rotatable bonds is 3. The van der Waals surface area contributed by atoms with Gasteiger partial charge in [-0.2, -0.15) is 5.26 Å². The Bertz CT molecular complexity index is 687. The molecule has 0 aliphatic heterocycles. The van der Waals surface area contributed by atoms with Crippen molar-refractivity contribution >= 4 is 23.1 Å². The second kappa shape index (κ2) is 6.11.